The SMILES string of the molecule is CO[C@H]1CN(C)C(=O)c2cc(NC(=O)Nc3c(C)noc3C)ccc2OC[C@H](C)NC[C@H]1C. The van der Waals surface area contributed by atoms with E-state index in [0.29, 0.717) is 47.3 Å². The average Bonchev–Trinajstić information content (AvgIpc) is 3.10. The van der Waals surface area contributed by atoms with Gasteiger partial charge in [-0.3, -0.25) is 4.79 Å². The zero-order valence-corrected chi connectivity index (χ0v) is 20.0. The summed E-state index contributed by atoms with van der Waals surface area (Å²) in [5, 5.41) is 12.8. The number of benzene rings is 1. The van der Waals surface area contributed by atoms with Crippen molar-refractivity contribution in [3.63, 3.8) is 0 Å². The minimum Gasteiger partial charge on any atom is -0.491 e. The molecule has 2 aromatic rings. The molecule has 10 nitrogen and oxygen atoms in total. The highest BCUT2D eigenvalue weighted by molar-refractivity contribution is 6.02. The fraction of sp³-hybridized carbons (Fsp3) is 0.522. The van der Waals surface area contributed by atoms with Crippen LogP contribution in [0.25, 0.3) is 0 Å². The molecule has 2 heterocycles. The van der Waals surface area contributed by atoms with Crippen molar-refractivity contribution in [2.75, 3.05) is 44.5 Å². The maximum Gasteiger partial charge on any atom is 0.323 e. The van der Waals surface area contributed by atoms with E-state index in [0.717, 1.165) is 6.54 Å². The molecule has 0 unspecified atom stereocenters. The summed E-state index contributed by atoms with van der Waals surface area (Å²) in [4.78, 5) is 27.5. The van der Waals surface area contributed by atoms with E-state index < -0.39 is 6.03 Å². The van der Waals surface area contributed by atoms with Crippen LogP contribution in [0.15, 0.2) is 22.7 Å². The molecule has 0 fully saturated rings. The van der Waals surface area contributed by atoms with Gasteiger partial charge in [0, 0.05) is 39.0 Å². The number of methoxy groups -OCH3 is 1. The predicted molar refractivity (Wildman–Crippen MR) is 125 cm³/mol. The smallest absolute Gasteiger partial charge is 0.323 e. The molecule has 1 aromatic heterocycles. The molecule has 0 saturated heterocycles. The van der Waals surface area contributed by atoms with Crippen LogP contribution in [-0.4, -0.2) is 68.0 Å². The summed E-state index contributed by atoms with van der Waals surface area (Å²) in [7, 11) is 3.39. The lowest BCUT2D eigenvalue weighted by Gasteiger charge is -2.30. The molecule has 3 N–H and O–H groups in total. The topological polar surface area (TPSA) is 118 Å². The van der Waals surface area contributed by atoms with E-state index in [1.54, 1.807) is 51.1 Å². The Hall–Kier alpha value is -3.11. The van der Waals surface area contributed by atoms with Gasteiger partial charge >= 0.3 is 6.03 Å². The minimum absolute atomic E-state index is 0.0868. The molecule has 1 aromatic carbocycles. The molecule has 1 aliphatic heterocycles. The number of nitrogens with one attached hydrogen (secondary N) is 3. The normalized spacial score (nSPS) is 21.9. The molecule has 33 heavy (non-hydrogen) atoms. The highest BCUT2D eigenvalue weighted by atomic mass is 16.5. The van der Waals surface area contributed by atoms with Crippen molar-refractivity contribution in [1.82, 2.24) is 15.4 Å². The van der Waals surface area contributed by atoms with Crippen LogP contribution in [0.3, 0.4) is 0 Å². The summed E-state index contributed by atoms with van der Waals surface area (Å²) in [6.07, 6.45) is -0.121. The van der Waals surface area contributed by atoms with Crippen molar-refractivity contribution >= 4 is 23.3 Å². The molecule has 3 amide bonds. The third-order valence-electron chi connectivity index (χ3n) is 5.75. The van der Waals surface area contributed by atoms with Crippen molar-refractivity contribution in [1.29, 1.82) is 0 Å². The lowest BCUT2D eigenvalue weighted by molar-refractivity contribution is 0.0281. The molecule has 0 spiro atoms. The molecule has 180 valence electrons. The molecule has 0 aliphatic carbocycles. The van der Waals surface area contributed by atoms with Gasteiger partial charge in [0.25, 0.3) is 5.91 Å². The first-order valence-electron chi connectivity index (χ1n) is 11.0. The van der Waals surface area contributed by atoms with E-state index in [-0.39, 0.29) is 24.0 Å². The number of nitrogens with zero attached hydrogens (tertiary/aromatic N) is 2. The van der Waals surface area contributed by atoms with E-state index in [1.165, 1.54) is 0 Å². The van der Waals surface area contributed by atoms with Gasteiger partial charge in [0.05, 0.1) is 11.7 Å². The summed E-state index contributed by atoms with van der Waals surface area (Å²) < 4.78 is 16.7. The Bertz CT molecular complexity index is 972. The number of fused-ring (bicyclic) bond motifs is 1. The Morgan fingerprint density at radius 3 is 2.70 bits per heavy atom. The highest BCUT2D eigenvalue weighted by Crippen LogP contribution is 2.26. The summed E-state index contributed by atoms with van der Waals surface area (Å²) >= 11 is 0. The van der Waals surface area contributed by atoms with Gasteiger partial charge in [-0.15, -0.1) is 0 Å². The number of hydrogen-bond acceptors (Lipinski definition) is 7. The van der Waals surface area contributed by atoms with Gasteiger partial charge in [-0.2, -0.15) is 0 Å². The number of urea groups is 1. The number of anilines is 2. The lowest BCUT2D eigenvalue weighted by Crippen LogP contribution is -2.44. The summed E-state index contributed by atoms with van der Waals surface area (Å²) in [6.45, 7) is 9.15. The second-order valence-electron chi connectivity index (χ2n) is 8.55. The number of carbonyl (C=O) groups is 2. The first kappa shape index (κ1) is 24.5. The van der Waals surface area contributed by atoms with E-state index >= 15 is 0 Å². The van der Waals surface area contributed by atoms with Crippen LogP contribution in [-0.2, 0) is 4.74 Å². The predicted octanol–water partition coefficient (Wildman–Crippen LogP) is 3.03. The van der Waals surface area contributed by atoms with Gasteiger partial charge in [0.1, 0.15) is 23.7 Å². The second-order valence-corrected chi connectivity index (χ2v) is 8.55. The molecule has 3 rings (SSSR count). The standard InChI is InChI=1S/C23H33N5O5/c1-13-10-24-14(2)12-32-19-8-7-17(9-18(19)22(29)28(5)11-20(13)31-6)25-23(30)26-21-15(3)27-33-16(21)4/h7-9,13-14,20,24H,10-12H2,1-6H3,(H2,25,26,30)/t13-,14+,20+/m1/s1. The fourth-order valence-corrected chi connectivity index (χ4v) is 3.68. The third-order valence-corrected chi connectivity index (χ3v) is 5.75. The lowest BCUT2D eigenvalue weighted by atomic mass is 10.0. The van der Waals surface area contributed by atoms with Gasteiger partial charge in [0.2, 0.25) is 0 Å². The number of aromatic nitrogens is 1. The Morgan fingerprint density at radius 2 is 2.03 bits per heavy atom. The number of rotatable bonds is 3. The summed E-state index contributed by atoms with van der Waals surface area (Å²) in [6, 6.07) is 4.63. The summed E-state index contributed by atoms with van der Waals surface area (Å²) in [5.74, 6) is 0.956. The van der Waals surface area contributed by atoms with Gasteiger partial charge in [-0.05, 0) is 44.9 Å². The van der Waals surface area contributed by atoms with Crippen LogP contribution in [0.2, 0.25) is 0 Å². The maximum atomic E-state index is 13.3. The Morgan fingerprint density at radius 1 is 1.27 bits per heavy atom. The monoisotopic (exact) mass is 459 g/mol. The number of hydrogen-bond donors (Lipinski definition) is 3. The molecule has 10 heteroatoms. The van der Waals surface area contributed by atoms with Gasteiger partial charge in [0.15, 0.2) is 5.76 Å². The van der Waals surface area contributed by atoms with E-state index in [4.69, 9.17) is 14.0 Å². The van der Waals surface area contributed by atoms with E-state index in [2.05, 4.69) is 28.0 Å². The van der Waals surface area contributed by atoms with Crippen molar-refractivity contribution in [3.8, 4) is 5.75 Å². The average molecular weight is 460 g/mol. The zero-order valence-electron chi connectivity index (χ0n) is 20.0. The van der Waals surface area contributed by atoms with Gasteiger partial charge in [-0.25, -0.2) is 4.79 Å². The quantitative estimate of drug-likeness (QED) is 0.646. The highest BCUT2D eigenvalue weighted by Gasteiger charge is 2.25. The Labute approximate surface area is 194 Å². The largest absolute Gasteiger partial charge is 0.491 e. The third kappa shape index (κ3) is 6.02. The molecule has 1 aliphatic rings. The first-order valence-corrected chi connectivity index (χ1v) is 11.0. The van der Waals surface area contributed by atoms with Crippen LogP contribution >= 0.6 is 0 Å². The fourth-order valence-electron chi connectivity index (χ4n) is 3.68. The second kappa shape index (κ2) is 10.7. The van der Waals surface area contributed by atoms with Gasteiger partial charge < -0.3 is 34.8 Å². The van der Waals surface area contributed by atoms with Crippen molar-refractivity contribution < 1.29 is 23.6 Å². The zero-order chi connectivity index (χ0) is 24.1. The van der Waals surface area contributed by atoms with Crippen LogP contribution < -0.4 is 20.7 Å². The van der Waals surface area contributed by atoms with Crippen LogP contribution in [0.1, 0.15) is 35.7 Å². The molecule has 0 saturated carbocycles. The molecular formula is C23H33N5O5. The molecule has 0 radical (unpaired) electrons. The van der Waals surface area contributed by atoms with E-state index in [9.17, 15) is 9.59 Å². The molecule has 3 atom stereocenters. The Kier molecular flexibility index (Phi) is 7.93. The first-order chi connectivity index (χ1) is 15.7. The van der Waals surface area contributed by atoms with Crippen LogP contribution in [0, 0.1) is 19.8 Å². The van der Waals surface area contributed by atoms with Crippen molar-refractivity contribution in [3.05, 3.63) is 35.2 Å². The van der Waals surface area contributed by atoms with E-state index in [1.807, 2.05) is 6.92 Å². The summed E-state index contributed by atoms with van der Waals surface area (Å²) in [5.41, 5.74) is 1.91. The number of amides is 3. The number of likely N-dealkylation sites (N-methyl/N-ethyl adjacent to an activating group) is 1. The van der Waals surface area contributed by atoms with Crippen molar-refractivity contribution in [2.24, 2.45) is 5.92 Å². The number of ether oxygens (including phenoxy) is 2. The maximum absolute atomic E-state index is 13.3. The van der Waals surface area contributed by atoms with Crippen LogP contribution in [0.5, 0.6) is 5.75 Å². The number of carbonyl (C=O) groups excluding carboxylic acids is 2. The Balaban J connectivity index is 1.84. The molecule has 0 bridgehead atoms. The van der Waals surface area contributed by atoms with Crippen molar-refractivity contribution in [2.45, 2.75) is 39.8 Å². The molecular weight excluding hydrogens is 426 g/mol. The minimum atomic E-state index is -0.467. The number of aryl methyl sites for hydroxylation is 2. The van der Waals surface area contributed by atoms with Gasteiger partial charge in [-0.1, -0.05) is 12.1 Å². The van der Waals surface area contributed by atoms with Crippen LogP contribution in [0.4, 0.5) is 16.2 Å².